The standard InChI is InChI=1S/C9H6N4O.C3H6/c10-3-5-4-13-8-6(7(5)11)1-2-12-9(8)14;1-3-2/h1-2,4H,(H2,11,13)(H,12,14);3H,1H2,2H3. The number of rotatable bonds is 0. The van der Waals surface area contributed by atoms with Gasteiger partial charge in [0.2, 0.25) is 0 Å². The van der Waals surface area contributed by atoms with E-state index in [-0.39, 0.29) is 16.6 Å². The van der Waals surface area contributed by atoms with Gasteiger partial charge in [-0.3, -0.25) is 4.79 Å². The Morgan fingerprint density at radius 2 is 2.29 bits per heavy atom. The maximum Gasteiger partial charge on any atom is 0.274 e. The van der Waals surface area contributed by atoms with E-state index in [1.807, 2.05) is 13.0 Å². The van der Waals surface area contributed by atoms with Gasteiger partial charge < -0.3 is 10.7 Å². The first-order valence-corrected chi connectivity index (χ1v) is 4.88. The van der Waals surface area contributed by atoms with Crippen molar-refractivity contribution in [2.24, 2.45) is 0 Å². The molecule has 0 aromatic carbocycles. The third-order valence-corrected chi connectivity index (χ3v) is 1.96. The highest BCUT2D eigenvalue weighted by Crippen LogP contribution is 2.18. The van der Waals surface area contributed by atoms with E-state index in [4.69, 9.17) is 11.0 Å². The average Bonchev–Trinajstić information content (AvgIpc) is 2.32. The van der Waals surface area contributed by atoms with Crippen molar-refractivity contribution >= 4 is 16.6 Å². The maximum atomic E-state index is 11.3. The Morgan fingerprint density at radius 3 is 2.88 bits per heavy atom. The molecule has 0 aliphatic rings. The molecular formula is C12H12N4O. The van der Waals surface area contributed by atoms with Gasteiger partial charge in [0.15, 0.2) is 0 Å². The summed E-state index contributed by atoms with van der Waals surface area (Å²) >= 11 is 0. The van der Waals surface area contributed by atoms with Gasteiger partial charge in [-0.25, -0.2) is 4.98 Å². The van der Waals surface area contributed by atoms with Crippen molar-refractivity contribution in [1.29, 1.82) is 5.26 Å². The molecule has 0 saturated heterocycles. The number of allylic oxidation sites excluding steroid dienone is 1. The highest BCUT2D eigenvalue weighted by molar-refractivity contribution is 5.91. The molecule has 2 rings (SSSR count). The minimum Gasteiger partial charge on any atom is -0.397 e. The van der Waals surface area contributed by atoms with E-state index >= 15 is 0 Å². The minimum absolute atomic E-state index is 0.254. The molecule has 0 aliphatic heterocycles. The van der Waals surface area contributed by atoms with Gasteiger partial charge in [-0.2, -0.15) is 5.26 Å². The van der Waals surface area contributed by atoms with Crippen LogP contribution in [-0.4, -0.2) is 9.97 Å². The molecule has 0 fully saturated rings. The summed E-state index contributed by atoms with van der Waals surface area (Å²) < 4.78 is 0. The maximum absolute atomic E-state index is 11.3. The zero-order valence-corrected chi connectivity index (χ0v) is 9.40. The second-order valence-corrected chi connectivity index (χ2v) is 3.17. The van der Waals surface area contributed by atoms with Crippen LogP contribution in [0.1, 0.15) is 12.5 Å². The normalized spacial score (nSPS) is 8.94. The Hall–Kier alpha value is -2.61. The molecule has 0 atom stereocenters. The number of fused-ring (bicyclic) bond motifs is 1. The number of nitriles is 1. The van der Waals surface area contributed by atoms with Crippen molar-refractivity contribution in [3.63, 3.8) is 0 Å². The fraction of sp³-hybridized carbons (Fsp3) is 0.0833. The summed E-state index contributed by atoms with van der Waals surface area (Å²) in [4.78, 5) is 17.6. The van der Waals surface area contributed by atoms with E-state index in [2.05, 4.69) is 16.5 Å². The number of H-pyrrole nitrogens is 1. The SMILES string of the molecule is C=CC.N#Cc1cnc2c(=O)[nH]ccc2c1N. The Bertz CT molecular complexity index is 637. The van der Waals surface area contributed by atoms with Crippen molar-refractivity contribution in [2.45, 2.75) is 6.92 Å². The second kappa shape index (κ2) is 5.47. The number of hydrogen-bond acceptors (Lipinski definition) is 4. The third-order valence-electron chi connectivity index (χ3n) is 1.96. The lowest BCUT2D eigenvalue weighted by Gasteiger charge is -2.00. The molecule has 3 N–H and O–H groups in total. The number of nitrogens with two attached hydrogens (primary N) is 1. The molecule has 5 heteroatoms. The molecule has 86 valence electrons. The largest absolute Gasteiger partial charge is 0.397 e. The lowest BCUT2D eigenvalue weighted by molar-refractivity contribution is 1.23. The number of pyridine rings is 2. The van der Waals surface area contributed by atoms with Crippen LogP contribution in [0.2, 0.25) is 0 Å². The van der Waals surface area contributed by atoms with Gasteiger partial charge >= 0.3 is 0 Å². The average molecular weight is 228 g/mol. The van der Waals surface area contributed by atoms with E-state index < -0.39 is 0 Å². The van der Waals surface area contributed by atoms with Gasteiger partial charge in [-0.1, -0.05) is 6.08 Å². The van der Waals surface area contributed by atoms with Gasteiger partial charge in [-0.05, 0) is 13.0 Å². The van der Waals surface area contributed by atoms with E-state index in [1.165, 1.54) is 12.4 Å². The minimum atomic E-state index is -0.307. The van der Waals surface area contributed by atoms with Crippen LogP contribution in [0.3, 0.4) is 0 Å². The van der Waals surface area contributed by atoms with Gasteiger partial charge in [0.05, 0.1) is 11.3 Å². The summed E-state index contributed by atoms with van der Waals surface area (Å²) in [5, 5.41) is 9.20. The van der Waals surface area contributed by atoms with Crippen LogP contribution in [0.15, 0.2) is 35.9 Å². The summed E-state index contributed by atoms with van der Waals surface area (Å²) in [6, 6.07) is 3.53. The molecule has 0 saturated carbocycles. The number of nitrogen functional groups attached to an aromatic ring is 1. The number of nitrogens with one attached hydrogen (secondary N) is 1. The van der Waals surface area contributed by atoms with Crippen LogP contribution in [0.4, 0.5) is 5.69 Å². The number of aromatic nitrogens is 2. The zero-order chi connectivity index (χ0) is 12.8. The summed E-state index contributed by atoms with van der Waals surface area (Å²) in [6.45, 7) is 5.25. The van der Waals surface area contributed by atoms with Crippen LogP contribution in [-0.2, 0) is 0 Å². The predicted molar refractivity (Wildman–Crippen MR) is 67.4 cm³/mol. The topological polar surface area (TPSA) is 95.6 Å². The van der Waals surface area contributed by atoms with Crippen molar-refractivity contribution in [2.75, 3.05) is 5.73 Å². The van der Waals surface area contributed by atoms with E-state index in [0.29, 0.717) is 11.1 Å². The Kier molecular flexibility index (Phi) is 4.01. The lowest BCUT2D eigenvalue weighted by Crippen LogP contribution is -2.08. The Balaban J connectivity index is 0.000000437. The molecule has 17 heavy (non-hydrogen) atoms. The van der Waals surface area contributed by atoms with Gasteiger partial charge in [0, 0.05) is 17.8 Å². The highest BCUT2D eigenvalue weighted by Gasteiger charge is 2.06. The summed E-state index contributed by atoms with van der Waals surface area (Å²) in [5.74, 6) is 0. The first-order valence-electron chi connectivity index (χ1n) is 4.88. The smallest absolute Gasteiger partial charge is 0.274 e. The van der Waals surface area contributed by atoms with Crippen molar-refractivity contribution in [3.05, 3.63) is 47.0 Å². The highest BCUT2D eigenvalue weighted by atomic mass is 16.1. The van der Waals surface area contributed by atoms with Crippen LogP contribution in [0.25, 0.3) is 10.9 Å². The van der Waals surface area contributed by atoms with Gasteiger partial charge in [-0.15, -0.1) is 6.58 Å². The van der Waals surface area contributed by atoms with Crippen LogP contribution in [0.5, 0.6) is 0 Å². The lowest BCUT2D eigenvalue weighted by atomic mass is 10.1. The number of anilines is 1. The van der Waals surface area contributed by atoms with E-state index in [0.717, 1.165) is 0 Å². The summed E-state index contributed by atoms with van der Waals surface area (Å²) in [6.07, 6.45) is 4.52. The van der Waals surface area contributed by atoms with E-state index in [9.17, 15) is 4.79 Å². The number of nitrogens with zero attached hydrogens (tertiary/aromatic N) is 2. The monoisotopic (exact) mass is 228 g/mol. The molecule has 2 heterocycles. The zero-order valence-electron chi connectivity index (χ0n) is 9.40. The molecule has 0 aliphatic carbocycles. The Labute approximate surface area is 98.2 Å². The van der Waals surface area contributed by atoms with Gasteiger partial charge in [0.25, 0.3) is 5.56 Å². The molecule has 2 aromatic rings. The van der Waals surface area contributed by atoms with E-state index in [1.54, 1.807) is 12.1 Å². The second-order valence-electron chi connectivity index (χ2n) is 3.17. The molecule has 0 radical (unpaired) electrons. The van der Waals surface area contributed by atoms with Crippen LogP contribution in [0, 0.1) is 11.3 Å². The van der Waals surface area contributed by atoms with Crippen molar-refractivity contribution in [1.82, 2.24) is 9.97 Å². The fourth-order valence-electron chi connectivity index (χ4n) is 1.25. The summed E-state index contributed by atoms with van der Waals surface area (Å²) in [7, 11) is 0. The fourth-order valence-corrected chi connectivity index (χ4v) is 1.25. The number of aromatic amines is 1. The third kappa shape index (κ3) is 2.49. The molecule has 0 bridgehead atoms. The Morgan fingerprint density at radius 1 is 1.65 bits per heavy atom. The molecule has 5 nitrogen and oxygen atoms in total. The van der Waals surface area contributed by atoms with Crippen LogP contribution < -0.4 is 11.3 Å². The molecule has 0 spiro atoms. The molecule has 2 aromatic heterocycles. The quantitative estimate of drug-likeness (QED) is 0.669. The molecule has 0 unspecified atom stereocenters. The van der Waals surface area contributed by atoms with Crippen LogP contribution >= 0.6 is 0 Å². The van der Waals surface area contributed by atoms with Gasteiger partial charge in [0.1, 0.15) is 11.6 Å². The van der Waals surface area contributed by atoms with Crippen molar-refractivity contribution < 1.29 is 0 Å². The predicted octanol–water partition coefficient (Wildman–Crippen LogP) is 1.57. The summed E-state index contributed by atoms with van der Waals surface area (Å²) in [5.41, 5.74) is 6.21. The molecule has 0 amide bonds. The first-order chi connectivity index (χ1) is 8.15. The van der Waals surface area contributed by atoms with Crippen molar-refractivity contribution in [3.8, 4) is 6.07 Å². The first kappa shape index (κ1) is 12.5. The molecular weight excluding hydrogens is 216 g/mol. The number of hydrogen-bond donors (Lipinski definition) is 2.